The van der Waals surface area contributed by atoms with Crippen LogP contribution in [0.25, 0.3) is 0 Å². The van der Waals surface area contributed by atoms with Crippen molar-refractivity contribution in [1.29, 1.82) is 0 Å². The maximum absolute atomic E-state index is 12.4. The summed E-state index contributed by atoms with van der Waals surface area (Å²) in [6.45, 7) is 7.25. The Bertz CT molecular complexity index is 704. The average molecular weight is 347 g/mol. The van der Waals surface area contributed by atoms with Crippen molar-refractivity contribution in [3.63, 3.8) is 0 Å². The molecule has 4 nitrogen and oxygen atoms in total. The van der Waals surface area contributed by atoms with E-state index in [-0.39, 0.29) is 5.91 Å². The molecule has 0 aromatic heterocycles. The first kappa shape index (κ1) is 18.3. The molecule has 2 rings (SSSR count). The van der Waals surface area contributed by atoms with Gasteiger partial charge in [0.2, 0.25) is 0 Å². The Kier molecular flexibility index (Phi) is 6.64. The molecule has 5 heteroatoms. The van der Waals surface area contributed by atoms with Gasteiger partial charge in [0.1, 0.15) is 5.75 Å². The summed E-state index contributed by atoms with van der Waals surface area (Å²) in [5.41, 5.74) is 2.76. The summed E-state index contributed by atoms with van der Waals surface area (Å²) in [7, 11) is 0. The van der Waals surface area contributed by atoms with Crippen LogP contribution in [-0.4, -0.2) is 18.6 Å². The van der Waals surface area contributed by atoms with Crippen molar-refractivity contribution >= 4 is 23.2 Å². The Morgan fingerprint density at radius 1 is 1.25 bits per heavy atom. The fraction of sp³-hybridized carbons (Fsp3) is 0.316. The lowest BCUT2D eigenvalue weighted by atomic mass is 10.1. The molecular weight excluding hydrogens is 324 g/mol. The molecule has 0 saturated carbocycles. The van der Waals surface area contributed by atoms with Crippen molar-refractivity contribution in [2.45, 2.75) is 33.4 Å². The van der Waals surface area contributed by atoms with Crippen molar-refractivity contribution in [3.8, 4) is 5.75 Å². The van der Waals surface area contributed by atoms with Crippen LogP contribution in [0, 0.1) is 6.92 Å². The monoisotopic (exact) mass is 346 g/mol. The molecule has 128 valence electrons. The molecule has 0 aliphatic carbocycles. The van der Waals surface area contributed by atoms with E-state index in [1.54, 1.807) is 19.1 Å². The van der Waals surface area contributed by atoms with Crippen molar-refractivity contribution in [1.82, 2.24) is 5.32 Å². The van der Waals surface area contributed by atoms with Crippen LogP contribution >= 0.6 is 11.6 Å². The highest BCUT2D eigenvalue weighted by atomic mass is 35.5. The molecule has 0 aliphatic rings. The van der Waals surface area contributed by atoms with Gasteiger partial charge in [-0.05, 0) is 55.8 Å². The van der Waals surface area contributed by atoms with Gasteiger partial charge in [0.05, 0.1) is 0 Å². The summed E-state index contributed by atoms with van der Waals surface area (Å²) in [6.07, 6.45) is -0.613. The highest BCUT2D eigenvalue weighted by molar-refractivity contribution is 6.31. The van der Waals surface area contributed by atoms with E-state index in [1.807, 2.05) is 44.2 Å². The minimum atomic E-state index is -0.613. The predicted octanol–water partition coefficient (Wildman–Crippen LogP) is 4.16. The minimum Gasteiger partial charge on any atom is -0.481 e. The number of ether oxygens (including phenoxy) is 1. The van der Waals surface area contributed by atoms with Gasteiger partial charge < -0.3 is 15.4 Å². The molecule has 1 amide bonds. The summed E-state index contributed by atoms with van der Waals surface area (Å²) < 4.78 is 5.72. The zero-order valence-corrected chi connectivity index (χ0v) is 15.0. The highest BCUT2D eigenvalue weighted by Gasteiger charge is 2.16. The third kappa shape index (κ3) is 4.98. The summed E-state index contributed by atoms with van der Waals surface area (Å²) in [5.74, 6) is 0.437. The number of halogens is 1. The lowest BCUT2D eigenvalue weighted by Gasteiger charge is -2.17. The fourth-order valence-electron chi connectivity index (χ4n) is 2.24. The second kappa shape index (κ2) is 8.71. The molecule has 1 atom stereocenters. The third-order valence-corrected chi connectivity index (χ3v) is 4.08. The fourth-order valence-corrected chi connectivity index (χ4v) is 2.36. The first-order valence-corrected chi connectivity index (χ1v) is 8.41. The van der Waals surface area contributed by atoms with Gasteiger partial charge in [-0.2, -0.15) is 0 Å². The SMILES string of the molecule is CCNCc1ccccc1NC(=O)C(C)Oc1ccc(Cl)c(C)c1. The van der Waals surface area contributed by atoms with Crippen molar-refractivity contribution in [2.24, 2.45) is 0 Å². The molecule has 2 N–H and O–H groups in total. The minimum absolute atomic E-state index is 0.188. The number of anilines is 1. The first-order chi connectivity index (χ1) is 11.5. The van der Waals surface area contributed by atoms with Gasteiger partial charge in [0.15, 0.2) is 6.10 Å². The van der Waals surface area contributed by atoms with Crippen LogP contribution in [-0.2, 0) is 11.3 Å². The number of benzene rings is 2. The quantitative estimate of drug-likeness (QED) is 0.791. The van der Waals surface area contributed by atoms with E-state index in [0.29, 0.717) is 17.3 Å². The molecule has 0 fully saturated rings. The van der Waals surface area contributed by atoms with Crippen LogP contribution in [0.2, 0.25) is 5.02 Å². The van der Waals surface area contributed by atoms with Crippen LogP contribution in [0.5, 0.6) is 5.75 Å². The average Bonchev–Trinajstić information content (AvgIpc) is 2.57. The molecule has 0 radical (unpaired) electrons. The lowest BCUT2D eigenvalue weighted by Crippen LogP contribution is -2.30. The Morgan fingerprint density at radius 3 is 2.71 bits per heavy atom. The molecule has 0 spiro atoms. The van der Waals surface area contributed by atoms with Crippen molar-refractivity contribution in [3.05, 3.63) is 58.6 Å². The van der Waals surface area contributed by atoms with E-state index in [9.17, 15) is 4.79 Å². The normalized spacial score (nSPS) is 11.8. The van der Waals surface area contributed by atoms with E-state index < -0.39 is 6.10 Å². The van der Waals surface area contributed by atoms with E-state index >= 15 is 0 Å². The van der Waals surface area contributed by atoms with E-state index in [1.165, 1.54) is 0 Å². The maximum atomic E-state index is 12.4. The molecule has 24 heavy (non-hydrogen) atoms. The van der Waals surface area contributed by atoms with Gasteiger partial charge in [-0.25, -0.2) is 0 Å². The number of carbonyl (C=O) groups is 1. The van der Waals surface area contributed by atoms with Gasteiger partial charge >= 0.3 is 0 Å². The molecule has 0 heterocycles. The molecule has 0 bridgehead atoms. The molecule has 1 unspecified atom stereocenters. The number of amides is 1. The number of nitrogens with one attached hydrogen (secondary N) is 2. The molecule has 0 aliphatic heterocycles. The lowest BCUT2D eigenvalue weighted by molar-refractivity contribution is -0.122. The number of carbonyl (C=O) groups excluding carboxylic acids is 1. The topological polar surface area (TPSA) is 50.4 Å². The standard InChI is InChI=1S/C19H23ClN2O2/c1-4-21-12-15-7-5-6-8-18(15)22-19(23)14(3)24-16-9-10-17(20)13(2)11-16/h5-11,14,21H,4,12H2,1-3H3,(H,22,23). The molecule has 2 aromatic rings. The second-order valence-electron chi connectivity index (χ2n) is 5.60. The van der Waals surface area contributed by atoms with Crippen molar-refractivity contribution in [2.75, 3.05) is 11.9 Å². The first-order valence-electron chi connectivity index (χ1n) is 8.03. The predicted molar refractivity (Wildman–Crippen MR) is 98.7 cm³/mol. The molecular formula is C19H23ClN2O2. The zero-order valence-electron chi connectivity index (χ0n) is 14.2. The Balaban J connectivity index is 2.02. The molecule has 2 aromatic carbocycles. The van der Waals surface area contributed by atoms with E-state index in [4.69, 9.17) is 16.3 Å². The Hall–Kier alpha value is -2.04. The largest absolute Gasteiger partial charge is 0.481 e. The maximum Gasteiger partial charge on any atom is 0.265 e. The van der Waals surface area contributed by atoms with Crippen LogP contribution in [0.3, 0.4) is 0 Å². The van der Waals surface area contributed by atoms with Gasteiger partial charge in [-0.3, -0.25) is 4.79 Å². The van der Waals surface area contributed by atoms with Gasteiger partial charge in [-0.1, -0.05) is 36.7 Å². The Labute approximate surface area is 148 Å². The summed E-state index contributed by atoms with van der Waals surface area (Å²) >= 11 is 6.01. The number of para-hydroxylation sites is 1. The number of aryl methyl sites for hydroxylation is 1. The van der Waals surface area contributed by atoms with Gasteiger partial charge in [-0.15, -0.1) is 0 Å². The summed E-state index contributed by atoms with van der Waals surface area (Å²) in [5, 5.41) is 6.88. The van der Waals surface area contributed by atoms with Crippen LogP contribution in [0.4, 0.5) is 5.69 Å². The smallest absolute Gasteiger partial charge is 0.265 e. The van der Waals surface area contributed by atoms with Crippen LogP contribution < -0.4 is 15.4 Å². The number of hydrogen-bond donors (Lipinski definition) is 2. The molecule has 0 saturated heterocycles. The van der Waals surface area contributed by atoms with E-state index in [2.05, 4.69) is 10.6 Å². The highest BCUT2D eigenvalue weighted by Crippen LogP contribution is 2.22. The van der Waals surface area contributed by atoms with Gasteiger partial charge in [0.25, 0.3) is 5.91 Å². The summed E-state index contributed by atoms with van der Waals surface area (Å²) in [6, 6.07) is 13.1. The van der Waals surface area contributed by atoms with Crippen LogP contribution in [0.15, 0.2) is 42.5 Å². The number of hydrogen-bond acceptors (Lipinski definition) is 3. The summed E-state index contributed by atoms with van der Waals surface area (Å²) in [4.78, 5) is 12.4. The third-order valence-electron chi connectivity index (χ3n) is 3.65. The Morgan fingerprint density at radius 2 is 2.00 bits per heavy atom. The van der Waals surface area contributed by atoms with Gasteiger partial charge in [0, 0.05) is 17.3 Å². The zero-order chi connectivity index (χ0) is 17.5. The van der Waals surface area contributed by atoms with E-state index in [0.717, 1.165) is 23.4 Å². The van der Waals surface area contributed by atoms with Crippen molar-refractivity contribution < 1.29 is 9.53 Å². The van der Waals surface area contributed by atoms with Crippen LogP contribution in [0.1, 0.15) is 25.0 Å². The second-order valence-corrected chi connectivity index (χ2v) is 6.00. The number of rotatable bonds is 7.